The van der Waals surface area contributed by atoms with Crippen LogP contribution in [0.4, 0.5) is 0 Å². The molecule has 3 atom stereocenters. The quantitative estimate of drug-likeness (QED) is 0.644. The van der Waals surface area contributed by atoms with Crippen LogP contribution in [0.3, 0.4) is 0 Å². The van der Waals surface area contributed by atoms with Crippen LogP contribution < -0.4 is 0 Å². The molecule has 0 bridgehead atoms. The smallest absolute Gasteiger partial charge is 0.0616 e. The SMILES string of the molecule is C=CCN1C[C@H](C)N(C(c2ccccc2)c2ccccc2Br)C[C@H]1C. The zero-order valence-electron chi connectivity index (χ0n) is 15.1. The summed E-state index contributed by atoms with van der Waals surface area (Å²) < 4.78 is 1.18. The fourth-order valence-electron chi connectivity index (χ4n) is 3.89. The largest absolute Gasteiger partial charge is 0.294 e. The van der Waals surface area contributed by atoms with Gasteiger partial charge in [0.05, 0.1) is 6.04 Å². The first kappa shape index (κ1) is 18.4. The Morgan fingerprint density at radius 1 is 1.04 bits per heavy atom. The first-order valence-corrected chi connectivity index (χ1v) is 9.81. The van der Waals surface area contributed by atoms with Crippen molar-refractivity contribution in [3.63, 3.8) is 0 Å². The van der Waals surface area contributed by atoms with Gasteiger partial charge in [-0.2, -0.15) is 0 Å². The fourth-order valence-corrected chi connectivity index (χ4v) is 4.39. The number of hydrogen-bond acceptors (Lipinski definition) is 2. The van der Waals surface area contributed by atoms with Gasteiger partial charge in [0.25, 0.3) is 0 Å². The zero-order chi connectivity index (χ0) is 17.8. The van der Waals surface area contributed by atoms with Crippen molar-refractivity contribution in [2.45, 2.75) is 32.0 Å². The van der Waals surface area contributed by atoms with Crippen LogP contribution in [-0.4, -0.2) is 41.5 Å². The Bertz CT molecular complexity index is 700. The van der Waals surface area contributed by atoms with Gasteiger partial charge >= 0.3 is 0 Å². The molecule has 25 heavy (non-hydrogen) atoms. The standard InChI is InChI=1S/C22H27BrN2/c1-4-14-24-15-18(3)25(16-17(24)2)22(19-10-6-5-7-11-19)20-12-8-9-13-21(20)23/h4-13,17-18,22H,1,14-16H2,2-3H3/t17-,18+,22?/m1/s1. The molecule has 0 N–H and O–H groups in total. The van der Waals surface area contributed by atoms with E-state index >= 15 is 0 Å². The molecule has 0 spiro atoms. The third kappa shape index (κ3) is 4.05. The van der Waals surface area contributed by atoms with E-state index in [0.717, 1.165) is 19.6 Å². The third-order valence-electron chi connectivity index (χ3n) is 5.17. The van der Waals surface area contributed by atoms with Crippen LogP contribution >= 0.6 is 15.9 Å². The van der Waals surface area contributed by atoms with Gasteiger partial charge in [0, 0.05) is 36.2 Å². The molecule has 1 heterocycles. The van der Waals surface area contributed by atoms with Crippen LogP contribution in [0.2, 0.25) is 0 Å². The fraction of sp³-hybridized carbons (Fsp3) is 0.364. The first-order chi connectivity index (χ1) is 12.1. The van der Waals surface area contributed by atoms with Gasteiger partial charge in [-0.1, -0.05) is 70.5 Å². The van der Waals surface area contributed by atoms with Crippen LogP contribution in [0.25, 0.3) is 0 Å². The van der Waals surface area contributed by atoms with Gasteiger partial charge in [-0.15, -0.1) is 6.58 Å². The highest BCUT2D eigenvalue weighted by atomic mass is 79.9. The highest BCUT2D eigenvalue weighted by molar-refractivity contribution is 9.10. The highest BCUT2D eigenvalue weighted by Crippen LogP contribution is 2.36. The van der Waals surface area contributed by atoms with Gasteiger partial charge < -0.3 is 0 Å². The van der Waals surface area contributed by atoms with Crippen molar-refractivity contribution < 1.29 is 0 Å². The lowest BCUT2D eigenvalue weighted by Gasteiger charge is -2.47. The van der Waals surface area contributed by atoms with Crippen molar-refractivity contribution in [1.29, 1.82) is 0 Å². The summed E-state index contributed by atoms with van der Waals surface area (Å²) in [6.45, 7) is 11.7. The Balaban J connectivity index is 1.98. The maximum absolute atomic E-state index is 3.91. The van der Waals surface area contributed by atoms with E-state index in [1.54, 1.807) is 0 Å². The number of benzene rings is 2. The molecule has 2 aromatic carbocycles. The van der Waals surface area contributed by atoms with E-state index in [4.69, 9.17) is 0 Å². The lowest BCUT2D eigenvalue weighted by molar-refractivity contribution is 0.0305. The zero-order valence-corrected chi connectivity index (χ0v) is 16.7. The Morgan fingerprint density at radius 3 is 2.40 bits per heavy atom. The minimum atomic E-state index is 0.264. The van der Waals surface area contributed by atoms with Crippen LogP contribution in [0.5, 0.6) is 0 Å². The molecule has 2 nitrogen and oxygen atoms in total. The van der Waals surface area contributed by atoms with Crippen molar-refractivity contribution in [3.05, 3.63) is 82.9 Å². The Kier molecular flexibility index (Phi) is 6.10. The van der Waals surface area contributed by atoms with E-state index < -0.39 is 0 Å². The first-order valence-electron chi connectivity index (χ1n) is 9.02. The molecule has 1 unspecified atom stereocenters. The summed E-state index contributed by atoms with van der Waals surface area (Å²) in [6.07, 6.45) is 2.02. The molecule has 2 aromatic rings. The number of rotatable bonds is 5. The Hall–Kier alpha value is -1.42. The molecule has 1 aliphatic heterocycles. The van der Waals surface area contributed by atoms with E-state index in [9.17, 15) is 0 Å². The maximum Gasteiger partial charge on any atom is 0.0616 e. The lowest BCUT2D eigenvalue weighted by Crippen LogP contribution is -2.57. The monoisotopic (exact) mass is 398 g/mol. The van der Waals surface area contributed by atoms with Crippen molar-refractivity contribution in [1.82, 2.24) is 9.80 Å². The highest BCUT2D eigenvalue weighted by Gasteiger charge is 2.34. The molecular weight excluding hydrogens is 372 g/mol. The van der Waals surface area contributed by atoms with E-state index in [2.05, 4.69) is 101 Å². The molecule has 3 rings (SSSR count). The van der Waals surface area contributed by atoms with Crippen molar-refractivity contribution in [2.75, 3.05) is 19.6 Å². The van der Waals surface area contributed by atoms with Crippen LogP contribution in [-0.2, 0) is 0 Å². The number of piperazine rings is 1. The second-order valence-electron chi connectivity index (χ2n) is 6.97. The van der Waals surface area contributed by atoms with Crippen LogP contribution in [0, 0.1) is 0 Å². The molecule has 0 aromatic heterocycles. The van der Waals surface area contributed by atoms with E-state index in [1.165, 1.54) is 15.6 Å². The van der Waals surface area contributed by atoms with Crippen molar-refractivity contribution >= 4 is 15.9 Å². The van der Waals surface area contributed by atoms with Crippen LogP contribution in [0.1, 0.15) is 31.0 Å². The lowest BCUT2D eigenvalue weighted by atomic mass is 9.93. The maximum atomic E-state index is 3.91. The molecule has 1 saturated heterocycles. The number of halogens is 1. The summed E-state index contributed by atoms with van der Waals surface area (Å²) in [5.41, 5.74) is 2.69. The van der Waals surface area contributed by atoms with Gasteiger partial charge in [0.15, 0.2) is 0 Å². The third-order valence-corrected chi connectivity index (χ3v) is 5.90. The summed E-state index contributed by atoms with van der Waals surface area (Å²) in [5, 5.41) is 0. The van der Waals surface area contributed by atoms with Crippen molar-refractivity contribution in [2.24, 2.45) is 0 Å². The molecule has 0 amide bonds. The van der Waals surface area contributed by atoms with E-state index in [1.807, 2.05) is 6.08 Å². The van der Waals surface area contributed by atoms with E-state index in [0.29, 0.717) is 12.1 Å². The van der Waals surface area contributed by atoms with Gasteiger partial charge in [-0.05, 0) is 31.0 Å². The molecule has 3 heteroatoms. The molecule has 1 aliphatic rings. The Morgan fingerprint density at radius 2 is 1.72 bits per heavy atom. The molecule has 1 fully saturated rings. The normalized spacial score (nSPS) is 23.3. The summed E-state index contributed by atoms with van der Waals surface area (Å²) in [4.78, 5) is 5.18. The topological polar surface area (TPSA) is 6.48 Å². The average molecular weight is 399 g/mol. The number of nitrogens with zero attached hydrogens (tertiary/aromatic N) is 2. The minimum absolute atomic E-state index is 0.264. The van der Waals surface area contributed by atoms with Crippen LogP contribution in [0.15, 0.2) is 71.7 Å². The second-order valence-corrected chi connectivity index (χ2v) is 7.83. The van der Waals surface area contributed by atoms with Crippen molar-refractivity contribution in [3.8, 4) is 0 Å². The second kappa shape index (κ2) is 8.31. The summed E-state index contributed by atoms with van der Waals surface area (Å²) >= 11 is 3.78. The summed E-state index contributed by atoms with van der Waals surface area (Å²) in [5.74, 6) is 0. The number of hydrogen-bond donors (Lipinski definition) is 0. The predicted molar refractivity (Wildman–Crippen MR) is 110 cm³/mol. The minimum Gasteiger partial charge on any atom is -0.294 e. The molecule has 0 aliphatic carbocycles. The van der Waals surface area contributed by atoms with Gasteiger partial charge in [0.1, 0.15) is 0 Å². The summed E-state index contributed by atoms with van der Waals surface area (Å²) in [7, 11) is 0. The Labute approximate surface area is 160 Å². The van der Waals surface area contributed by atoms with Gasteiger partial charge in [-0.3, -0.25) is 9.80 Å². The summed E-state index contributed by atoms with van der Waals surface area (Å²) in [6, 6.07) is 20.7. The molecule has 0 saturated carbocycles. The average Bonchev–Trinajstić information content (AvgIpc) is 2.62. The molecule has 132 valence electrons. The molecular formula is C22H27BrN2. The van der Waals surface area contributed by atoms with Gasteiger partial charge in [-0.25, -0.2) is 0 Å². The predicted octanol–water partition coefficient (Wildman–Crippen LogP) is 5.12. The van der Waals surface area contributed by atoms with E-state index in [-0.39, 0.29) is 6.04 Å². The van der Waals surface area contributed by atoms with Gasteiger partial charge in [0.2, 0.25) is 0 Å². The molecule has 0 radical (unpaired) electrons.